The number of esters is 1. The van der Waals surface area contributed by atoms with E-state index < -0.39 is 0 Å². The van der Waals surface area contributed by atoms with Crippen molar-refractivity contribution in [3.05, 3.63) is 0 Å². The molecule has 0 fully saturated rings. The minimum Gasteiger partial charge on any atom is -0.464 e. The summed E-state index contributed by atoms with van der Waals surface area (Å²) in [4.78, 5) is 24.5. The van der Waals surface area contributed by atoms with Gasteiger partial charge in [-0.25, -0.2) is 0 Å². The highest BCUT2D eigenvalue weighted by atomic mass is 16.5. The largest absolute Gasteiger partial charge is 0.464 e. The van der Waals surface area contributed by atoms with E-state index in [9.17, 15) is 9.59 Å². The molecular weight excluding hydrogens is 292 g/mol. The number of carbonyl (C=O) groups is 2. The lowest BCUT2D eigenvalue weighted by atomic mass is 10.1. The van der Waals surface area contributed by atoms with Gasteiger partial charge < -0.3 is 15.0 Å². The number of amides is 1. The van der Waals surface area contributed by atoms with Crippen LogP contribution in [0.5, 0.6) is 0 Å². The van der Waals surface area contributed by atoms with Gasteiger partial charge in [-0.2, -0.15) is 0 Å². The molecule has 5 heteroatoms. The second-order valence-corrected chi connectivity index (χ2v) is 6.18. The molecule has 0 atom stereocenters. The Kier molecular flexibility index (Phi) is 15.0. The average Bonchev–Trinajstić information content (AvgIpc) is 2.52. The molecule has 0 rings (SSSR count). The van der Waals surface area contributed by atoms with Crippen molar-refractivity contribution in [2.45, 2.75) is 71.1 Å². The van der Waals surface area contributed by atoms with Crippen LogP contribution in [0.4, 0.5) is 0 Å². The Balaban J connectivity index is 3.37. The van der Waals surface area contributed by atoms with Crippen molar-refractivity contribution in [2.24, 2.45) is 0 Å². The zero-order chi connectivity index (χ0) is 17.3. The van der Waals surface area contributed by atoms with Gasteiger partial charge in [0, 0.05) is 7.05 Å². The number of likely N-dealkylation sites (N-methyl/N-ethyl adjacent to an activating group) is 2. The molecule has 0 aliphatic heterocycles. The van der Waals surface area contributed by atoms with Gasteiger partial charge in [0.05, 0.1) is 13.2 Å². The van der Waals surface area contributed by atoms with Gasteiger partial charge in [-0.3, -0.25) is 9.59 Å². The fourth-order valence-corrected chi connectivity index (χ4v) is 2.39. The van der Waals surface area contributed by atoms with Crippen LogP contribution in [0.25, 0.3) is 0 Å². The highest BCUT2D eigenvalue weighted by molar-refractivity contribution is 5.83. The lowest BCUT2D eigenvalue weighted by Gasteiger charge is -2.15. The van der Waals surface area contributed by atoms with E-state index in [-0.39, 0.29) is 25.0 Å². The van der Waals surface area contributed by atoms with Crippen LogP contribution >= 0.6 is 0 Å². The average molecular weight is 328 g/mol. The van der Waals surface area contributed by atoms with Gasteiger partial charge in [-0.15, -0.1) is 0 Å². The Hall–Kier alpha value is -1.10. The van der Waals surface area contributed by atoms with Crippen LogP contribution in [0, 0.1) is 0 Å². The van der Waals surface area contributed by atoms with Crippen LogP contribution in [0.3, 0.4) is 0 Å². The van der Waals surface area contributed by atoms with Crippen molar-refractivity contribution in [3.8, 4) is 0 Å². The van der Waals surface area contributed by atoms with Crippen molar-refractivity contribution in [3.63, 3.8) is 0 Å². The molecule has 0 bridgehead atoms. The van der Waals surface area contributed by atoms with E-state index in [2.05, 4.69) is 12.2 Å². The van der Waals surface area contributed by atoms with Crippen LogP contribution in [-0.4, -0.2) is 50.6 Å². The summed E-state index contributed by atoms with van der Waals surface area (Å²) in [5, 5.41) is 2.77. The molecule has 0 unspecified atom stereocenters. The number of hydrogen-bond acceptors (Lipinski definition) is 4. The summed E-state index contributed by atoms with van der Waals surface area (Å²) < 4.78 is 5.16. The van der Waals surface area contributed by atoms with Gasteiger partial charge in [-0.05, 0) is 13.5 Å². The van der Waals surface area contributed by atoms with E-state index >= 15 is 0 Å². The molecule has 1 amide bonds. The Morgan fingerprint density at radius 3 is 1.96 bits per heavy atom. The third kappa shape index (κ3) is 14.2. The molecule has 0 aliphatic rings. The normalized spacial score (nSPS) is 10.6. The summed E-state index contributed by atoms with van der Waals surface area (Å²) in [7, 11) is 3.32. The topological polar surface area (TPSA) is 58.6 Å². The monoisotopic (exact) mass is 328 g/mol. The van der Waals surface area contributed by atoms with Crippen molar-refractivity contribution in [1.82, 2.24) is 10.2 Å². The van der Waals surface area contributed by atoms with E-state index in [4.69, 9.17) is 4.74 Å². The van der Waals surface area contributed by atoms with Crippen LogP contribution in [0.2, 0.25) is 0 Å². The molecule has 0 aromatic heterocycles. The standard InChI is InChI=1S/C18H36N2O3/c1-4-5-6-7-8-9-10-11-12-13-14-23-18(22)16-20(3)17(21)15-19-2/h19H,4-16H2,1-3H3. The third-order valence-electron chi connectivity index (χ3n) is 3.88. The number of nitrogens with one attached hydrogen (secondary N) is 1. The molecule has 0 spiro atoms. The lowest BCUT2D eigenvalue weighted by molar-refractivity contribution is -0.148. The maximum absolute atomic E-state index is 11.6. The lowest BCUT2D eigenvalue weighted by Crippen LogP contribution is -2.38. The number of nitrogens with zero attached hydrogens (tertiary/aromatic N) is 1. The van der Waals surface area contributed by atoms with E-state index in [0.717, 1.165) is 12.8 Å². The number of carbonyl (C=O) groups excluding carboxylic acids is 2. The summed E-state index contributed by atoms with van der Waals surface area (Å²) in [6, 6.07) is 0. The molecule has 1 N–H and O–H groups in total. The highest BCUT2D eigenvalue weighted by Gasteiger charge is 2.12. The van der Waals surface area contributed by atoms with Crippen LogP contribution in [-0.2, 0) is 14.3 Å². The van der Waals surface area contributed by atoms with Gasteiger partial charge in [0.2, 0.25) is 5.91 Å². The predicted molar refractivity (Wildman–Crippen MR) is 94.4 cm³/mol. The van der Waals surface area contributed by atoms with Crippen molar-refractivity contribution in [1.29, 1.82) is 0 Å². The first-order valence-electron chi connectivity index (χ1n) is 9.16. The number of hydrogen-bond donors (Lipinski definition) is 1. The Bertz CT molecular complexity index is 309. The summed E-state index contributed by atoms with van der Waals surface area (Å²) >= 11 is 0. The van der Waals surface area contributed by atoms with E-state index in [1.807, 2.05) is 0 Å². The van der Waals surface area contributed by atoms with Gasteiger partial charge >= 0.3 is 5.97 Å². The number of rotatable bonds is 15. The Labute approximate surface area is 142 Å². The minimum atomic E-state index is -0.326. The summed E-state index contributed by atoms with van der Waals surface area (Å²) in [5.41, 5.74) is 0. The summed E-state index contributed by atoms with van der Waals surface area (Å²) in [6.45, 7) is 2.97. The van der Waals surface area contributed by atoms with Gasteiger partial charge in [0.15, 0.2) is 0 Å². The molecule has 0 radical (unpaired) electrons. The molecule has 23 heavy (non-hydrogen) atoms. The maximum Gasteiger partial charge on any atom is 0.325 e. The number of ether oxygens (including phenoxy) is 1. The molecule has 5 nitrogen and oxygen atoms in total. The molecule has 0 aromatic rings. The molecule has 0 aliphatic carbocycles. The van der Waals surface area contributed by atoms with Crippen molar-refractivity contribution in [2.75, 3.05) is 33.8 Å². The van der Waals surface area contributed by atoms with Gasteiger partial charge in [0.1, 0.15) is 6.54 Å². The molecule has 0 aromatic carbocycles. The van der Waals surface area contributed by atoms with E-state index in [0.29, 0.717) is 6.61 Å². The quantitative estimate of drug-likeness (QED) is 0.371. The molecule has 0 saturated heterocycles. The third-order valence-corrected chi connectivity index (χ3v) is 3.88. The van der Waals surface area contributed by atoms with E-state index in [1.165, 1.54) is 56.3 Å². The second kappa shape index (κ2) is 15.8. The van der Waals surface area contributed by atoms with Crippen LogP contribution in [0.15, 0.2) is 0 Å². The first-order valence-corrected chi connectivity index (χ1v) is 9.16. The maximum atomic E-state index is 11.6. The van der Waals surface area contributed by atoms with Crippen LogP contribution < -0.4 is 5.32 Å². The van der Waals surface area contributed by atoms with E-state index in [1.54, 1.807) is 14.1 Å². The first-order chi connectivity index (χ1) is 11.1. The Morgan fingerprint density at radius 2 is 1.43 bits per heavy atom. The SMILES string of the molecule is CCCCCCCCCCCCOC(=O)CN(C)C(=O)CNC. The van der Waals surface area contributed by atoms with Gasteiger partial charge in [0.25, 0.3) is 0 Å². The van der Waals surface area contributed by atoms with Gasteiger partial charge in [-0.1, -0.05) is 64.7 Å². The summed E-state index contributed by atoms with van der Waals surface area (Å²) in [6.07, 6.45) is 12.6. The highest BCUT2D eigenvalue weighted by Crippen LogP contribution is 2.10. The Morgan fingerprint density at radius 1 is 0.913 bits per heavy atom. The molecule has 136 valence electrons. The second-order valence-electron chi connectivity index (χ2n) is 6.18. The van der Waals surface area contributed by atoms with Crippen molar-refractivity contribution >= 4 is 11.9 Å². The minimum absolute atomic E-state index is 0.0261. The fraction of sp³-hybridized carbons (Fsp3) is 0.889. The van der Waals surface area contributed by atoms with Crippen LogP contribution in [0.1, 0.15) is 71.1 Å². The molecule has 0 heterocycles. The number of unbranched alkanes of at least 4 members (excludes halogenated alkanes) is 9. The zero-order valence-electron chi connectivity index (χ0n) is 15.4. The molecular formula is C18H36N2O3. The fourth-order valence-electron chi connectivity index (χ4n) is 2.39. The smallest absolute Gasteiger partial charge is 0.325 e. The summed E-state index contributed by atoms with van der Waals surface area (Å²) in [5.74, 6) is -0.434. The van der Waals surface area contributed by atoms with Crippen molar-refractivity contribution < 1.29 is 14.3 Å². The zero-order valence-corrected chi connectivity index (χ0v) is 15.4. The first kappa shape index (κ1) is 21.9. The predicted octanol–water partition coefficient (Wildman–Crippen LogP) is 3.13. The molecule has 0 saturated carbocycles.